The van der Waals surface area contributed by atoms with E-state index in [0.717, 1.165) is 27.9 Å². The molecule has 188 valence electrons. The van der Waals surface area contributed by atoms with E-state index in [9.17, 15) is 13.2 Å². The van der Waals surface area contributed by atoms with E-state index in [-0.39, 0.29) is 34.9 Å². The molecule has 10 heteroatoms. The van der Waals surface area contributed by atoms with Gasteiger partial charge in [0.2, 0.25) is 12.7 Å². The van der Waals surface area contributed by atoms with Crippen molar-refractivity contribution in [3.63, 3.8) is 0 Å². The van der Waals surface area contributed by atoms with Crippen LogP contribution in [0.25, 0.3) is 0 Å². The number of carbonyl (C=O) groups excluding carboxylic acids is 1. The number of piperazine rings is 1. The summed E-state index contributed by atoms with van der Waals surface area (Å²) in [7, 11) is -4.00. The Kier molecular flexibility index (Phi) is 7.04. The van der Waals surface area contributed by atoms with Crippen LogP contribution in [-0.2, 0) is 21.4 Å². The standard InChI is InChI=1S/C26H26ClN3O5S/c27-22-8-4-5-9-23(22)30(36(32,33)21-6-2-1-3-7-21)18-26(31)29-14-12-28(13-15-29)17-20-10-11-24-25(16-20)35-19-34-24/h1-11,16H,12-15,17-19H2. The average molecular weight is 528 g/mol. The summed E-state index contributed by atoms with van der Waals surface area (Å²) in [6.07, 6.45) is 0. The monoisotopic (exact) mass is 527 g/mol. The number of amides is 1. The molecule has 1 fully saturated rings. The molecule has 2 aliphatic rings. The Hall–Kier alpha value is -3.27. The lowest BCUT2D eigenvalue weighted by atomic mass is 10.1. The van der Waals surface area contributed by atoms with E-state index in [0.29, 0.717) is 26.2 Å². The third kappa shape index (κ3) is 5.13. The minimum Gasteiger partial charge on any atom is -0.454 e. The highest BCUT2D eigenvalue weighted by atomic mass is 35.5. The molecule has 2 aliphatic heterocycles. The third-order valence-corrected chi connectivity index (χ3v) is 8.39. The van der Waals surface area contributed by atoms with Crippen LogP contribution in [0.5, 0.6) is 11.5 Å². The molecule has 3 aromatic rings. The molecular weight excluding hydrogens is 502 g/mol. The first-order valence-corrected chi connectivity index (χ1v) is 13.4. The highest BCUT2D eigenvalue weighted by molar-refractivity contribution is 7.92. The van der Waals surface area contributed by atoms with Crippen molar-refractivity contribution < 1.29 is 22.7 Å². The number of carbonyl (C=O) groups is 1. The molecule has 5 rings (SSSR count). The number of ether oxygens (including phenoxy) is 2. The Balaban J connectivity index is 1.27. The van der Waals surface area contributed by atoms with Crippen LogP contribution in [0, 0.1) is 0 Å². The van der Waals surface area contributed by atoms with Crippen molar-refractivity contribution in [2.45, 2.75) is 11.4 Å². The zero-order valence-corrected chi connectivity index (χ0v) is 21.1. The number of anilines is 1. The molecule has 0 aromatic heterocycles. The second-order valence-electron chi connectivity index (χ2n) is 8.62. The lowest BCUT2D eigenvalue weighted by Crippen LogP contribution is -2.51. The van der Waals surface area contributed by atoms with Crippen molar-refractivity contribution in [1.82, 2.24) is 9.80 Å². The van der Waals surface area contributed by atoms with Gasteiger partial charge in [-0.05, 0) is 42.0 Å². The van der Waals surface area contributed by atoms with Crippen LogP contribution in [0.1, 0.15) is 5.56 Å². The average Bonchev–Trinajstić information content (AvgIpc) is 3.36. The Morgan fingerprint density at radius 2 is 1.58 bits per heavy atom. The van der Waals surface area contributed by atoms with Crippen molar-refractivity contribution in [2.75, 3.05) is 43.8 Å². The summed E-state index contributed by atoms with van der Waals surface area (Å²) < 4.78 is 39.0. The van der Waals surface area contributed by atoms with Gasteiger partial charge in [0.15, 0.2) is 11.5 Å². The maximum Gasteiger partial charge on any atom is 0.264 e. The van der Waals surface area contributed by atoms with Gasteiger partial charge < -0.3 is 14.4 Å². The van der Waals surface area contributed by atoms with Gasteiger partial charge in [0.05, 0.1) is 15.6 Å². The molecule has 2 heterocycles. The number of hydrogen-bond donors (Lipinski definition) is 0. The van der Waals surface area contributed by atoms with E-state index in [1.165, 1.54) is 12.1 Å². The lowest BCUT2D eigenvalue weighted by Gasteiger charge is -2.36. The summed E-state index contributed by atoms with van der Waals surface area (Å²) in [5.41, 5.74) is 1.38. The number of sulfonamides is 1. The van der Waals surface area contributed by atoms with Crippen LogP contribution < -0.4 is 13.8 Å². The minimum atomic E-state index is -4.00. The van der Waals surface area contributed by atoms with Gasteiger partial charge in [0.1, 0.15) is 6.54 Å². The molecule has 0 aliphatic carbocycles. The third-order valence-electron chi connectivity index (χ3n) is 6.30. The van der Waals surface area contributed by atoms with E-state index >= 15 is 0 Å². The fraction of sp³-hybridized carbons (Fsp3) is 0.269. The molecular formula is C26H26ClN3O5S. The van der Waals surface area contributed by atoms with Crippen LogP contribution in [0.2, 0.25) is 5.02 Å². The molecule has 0 radical (unpaired) electrons. The van der Waals surface area contributed by atoms with Gasteiger partial charge in [-0.15, -0.1) is 0 Å². The van der Waals surface area contributed by atoms with Crippen LogP contribution in [0.3, 0.4) is 0 Å². The van der Waals surface area contributed by atoms with Gasteiger partial charge in [0.25, 0.3) is 10.0 Å². The maximum absolute atomic E-state index is 13.5. The maximum atomic E-state index is 13.5. The molecule has 0 spiro atoms. The van der Waals surface area contributed by atoms with E-state index in [1.807, 2.05) is 18.2 Å². The fourth-order valence-corrected chi connectivity index (χ4v) is 6.09. The van der Waals surface area contributed by atoms with Gasteiger partial charge in [-0.3, -0.25) is 14.0 Å². The fourth-order valence-electron chi connectivity index (χ4n) is 4.35. The first-order chi connectivity index (χ1) is 17.4. The van der Waals surface area contributed by atoms with Crippen LogP contribution in [0.15, 0.2) is 77.7 Å². The van der Waals surface area contributed by atoms with Crippen LogP contribution >= 0.6 is 11.6 Å². The van der Waals surface area contributed by atoms with Crippen molar-refractivity contribution in [3.8, 4) is 11.5 Å². The summed E-state index contributed by atoms with van der Waals surface area (Å²) >= 11 is 6.36. The van der Waals surface area contributed by atoms with Crippen molar-refractivity contribution >= 4 is 33.2 Å². The van der Waals surface area contributed by atoms with Gasteiger partial charge in [-0.2, -0.15) is 0 Å². The smallest absolute Gasteiger partial charge is 0.264 e. The zero-order valence-electron chi connectivity index (χ0n) is 19.5. The summed E-state index contributed by atoms with van der Waals surface area (Å²) in [5.74, 6) is 1.24. The second-order valence-corrected chi connectivity index (χ2v) is 10.9. The molecule has 0 bridgehead atoms. The van der Waals surface area contributed by atoms with Gasteiger partial charge >= 0.3 is 0 Å². The van der Waals surface area contributed by atoms with E-state index in [4.69, 9.17) is 21.1 Å². The molecule has 8 nitrogen and oxygen atoms in total. The Morgan fingerprint density at radius 1 is 0.889 bits per heavy atom. The predicted molar refractivity (Wildman–Crippen MR) is 137 cm³/mol. The largest absolute Gasteiger partial charge is 0.454 e. The molecule has 3 aromatic carbocycles. The van der Waals surface area contributed by atoms with Gasteiger partial charge in [-0.1, -0.05) is 48.0 Å². The normalized spacial score (nSPS) is 15.6. The van der Waals surface area contributed by atoms with Crippen molar-refractivity contribution in [2.24, 2.45) is 0 Å². The minimum absolute atomic E-state index is 0.103. The number of hydrogen-bond acceptors (Lipinski definition) is 6. The number of para-hydroxylation sites is 1. The molecule has 36 heavy (non-hydrogen) atoms. The summed E-state index contributed by atoms with van der Waals surface area (Å²) in [6.45, 7) is 3.01. The number of nitrogens with zero attached hydrogens (tertiary/aromatic N) is 3. The lowest BCUT2D eigenvalue weighted by molar-refractivity contribution is -0.131. The van der Waals surface area contributed by atoms with Gasteiger partial charge in [0, 0.05) is 32.7 Å². The number of rotatable bonds is 7. The Bertz CT molecular complexity index is 1340. The molecule has 0 unspecified atom stereocenters. The first kappa shape index (κ1) is 24.4. The molecule has 0 saturated carbocycles. The zero-order chi connectivity index (χ0) is 25.1. The number of halogens is 1. The first-order valence-electron chi connectivity index (χ1n) is 11.6. The Morgan fingerprint density at radius 3 is 2.33 bits per heavy atom. The number of benzene rings is 3. The van der Waals surface area contributed by atoms with Crippen molar-refractivity contribution in [1.29, 1.82) is 0 Å². The molecule has 0 atom stereocenters. The predicted octanol–water partition coefficient (Wildman–Crippen LogP) is 3.61. The Labute approximate surface area is 215 Å². The topological polar surface area (TPSA) is 79.4 Å². The van der Waals surface area contributed by atoms with E-state index < -0.39 is 10.0 Å². The molecule has 1 amide bonds. The highest BCUT2D eigenvalue weighted by Gasteiger charge is 2.31. The number of fused-ring (bicyclic) bond motifs is 1. The van der Waals surface area contributed by atoms with Crippen LogP contribution in [-0.4, -0.2) is 63.6 Å². The summed E-state index contributed by atoms with van der Waals surface area (Å²) in [4.78, 5) is 17.4. The van der Waals surface area contributed by atoms with Gasteiger partial charge in [-0.25, -0.2) is 8.42 Å². The van der Waals surface area contributed by atoms with E-state index in [1.54, 1.807) is 47.4 Å². The van der Waals surface area contributed by atoms with Crippen molar-refractivity contribution in [3.05, 3.63) is 83.4 Å². The molecule has 0 N–H and O–H groups in total. The summed E-state index contributed by atoms with van der Waals surface area (Å²) in [6, 6.07) is 20.6. The highest BCUT2D eigenvalue weighted by Crippen LogP contribution is 2.33. The molecule has 1 saturated heterocycles. The second kappa shape index (κ2) is 10.4. The SMILES string of the molecule is O=C(CN(c1ccccc1Cl)S(=O)(=O)c1ccccc1)N1CCN(Cc2ccc3c(c2)OCO3)CC1. The van der Waals surface area contributed by atoms with Crippen LogP contribution in [0.4, 0.5) is 5.69 Å². The van der Waals surface area contributed by atoms with E-state index in [2.05, 4.69) is 4.90 Å². The quantitative estimate of drug-likeness (QED) is 0.467. The summed E-state index contributed by atoms with van der Waals surface area (Å²) in [5, 5.41) is 0.262.